The molecule has 0 aromatic carbocycles. The zero-order valence-corrected chi connectivity index (χ0v) is 24.8. The zero-order valence-electron chi connectivity index (χ0n) is 24.0. The highest BCUT2D eigenvalue weighted by Crippen LogP contribution is 2.11. The van der Waals surface area contributed by atoms with Crippen molar-refractivity contribution in [1.82, 2.24) is 5.32 Å². The van der Waals surface area contributed by atoms with Gasteiger partial charge in [-0.3, -0.25) is 9.35 Å². The van der Waals surface area contributed by atoms with E-state index in [1.807, 2.05) is 6.08 Å². The van der Waals surface area contributed by atoms with Crippen molar-refractivity contribution in [2.24, 2.45) is 0 Å². The minimum absolute atomic E-state index is 0.258. The van der Waals surface area contributed by atoms with Crippen molar-refractivity contribution in [2.75, 3.05) is 5.75 Å². The normalized spacial score (nSPS) is 14.3. The lowest BCUT2D eigenvalue weighted by atomic mass is 10.1. The molecule has 0 aliphatic heterocycles. The second-order valence-electron chi connectivity index (χ2n) is 10.00. The Morgan fingerprint density at radius 3 is 1.87 bits per heavy atom. The number of carbonyl (C=O) groups excluding carboxylic acids is 1. The SMILES string of the molecule is CC/C=C\C/C=C\C/C=C\CCCCCC(=O)NC(CS(=O)(=O)O)C(O)/C=C/CCCCCCCCCC. The molecule has 0 bridgehead atoms. The fraction of sp³-hybridized carbons (Fsp3) is 0.710. The minimum atomic E-state index is -4.34. The monoisotopic (exact) mass is 553 g/mol. The van der Waals surface area contributed by atoms with Gasteiger partial charge in [-0.25, -0.2) is 0 Å². The first kappa shape index (κ1) is 36.3. The summed E-state index contributed by atoms with van der Waals surface area (Å²) in [5.74, 6) is -1.03. The smallest absolute Gasteiger partial charge is 0.267 e. The Hall–Kier alpha value is -1.70. The number of amides is 1. The predicted octanol–water partition coefficient (Wildman–Crippen LogP) is 7.62. The molecular formula is C31H55NO5S. The third-order valence-corrected chi connectivity index (χ3v) is 7.04. The van der Waals surface area contributed by atoms with Gasteiger partial charge in [-0.05, 0) is 51.4 Å². The molecular weight excluding hydrogens is 498 g/mol. The second-order valence-corrected chi connectivity index (χ2v) is 11.5. The van der Waals surface area contributed by atoms with Crippen molar-refractivity contribution in [2.45, 2.75) is 135 Å². The second kappa shape index (κ2) is 25.6. The van der Waals surface area contributed by atoms with Crippen LogP contribution in [0.3, 0.4) is 0 Å². The van der Waals surface area contributed by atoms with Crippen molar-refractivity contribution in [3.05, 3.63) is 48.6 Å². The van der Waals surface area contributed by atoms with Crippen molar-refractivity contribution < 1.29 is 22.9 Å². The number of rotatable bonds is 25. The van der Waals surface area contributed by atoms with E-state index in [9.17, 15) is 22.9 Å². The van der Waals surface area contributed by atoms with Gasteiger partial charge in [-0.1, -0.05) is 114 Å². The molecule has 0 aromatic rings. The molecule has 0 fully saturated rings. The number of aliphatic hydroxyl groups excluding tert-OH is 1. The molecule has 38 heavy (non-hydrogen) atoms. The van der Waals surface area contributed by atoms with Crippen LogP contribution in [0.5, 0.6) is 0 Å². The van der Waals surface area contributed by atoms with Crippen LogP contribution in [0.1, 0.15) is 123 Å². The zero-order chi connectivity index (χ0) is 28.3. The van der Waals surface area contributed by atoms with Crippen LogP contribution < -0.4 is 5.32 Å². The van der Waals surface area contributed by atoms with E-state index in [1.165, 1.54) is 44.6 Å². The summed E-state index contributed by atoms with van der Waals surface area (Å²) in [6.07, 6.45) is 32.4. The summed E-state index contributed by atoms with van der Waals surface area (Å²) in [5.41, 5.74) is 0. The van der Waals surface area contributed by atoms with Gasteiger partial charge in [0.2, 0.25) is 5.91 Å². The third kappa shape index (κ3) is 25.9. The third-order valence-electron chi connectivity index (χ3n) is 6.26. The topological polar surface area (TPSA) is 104 Å². The molecule has 7 heteroatoms. The number of nitrogens with one attached hydrogen (secondary N) is 1. The van der Waals surface area contributed by atoms with Crippen molar-refractivity contribution in [3.63, 3.8) is 0 Å². The molecule has 0 rings (SSSR count). The van der Waals surface area contributed by atoms with Crippen LogP contribution in [0, 0.1) is 0 Å². The Labute approximate surface area is 233 Å². The molecule has 0 spiro atoms. The number of allylic oxidation sites excluding steroid dienone is 7. The van der Waals surface area contributed by atoms with Gasteiger partial charge in [0, 0.05) is 6.42 Å². The highest BCUT2D eigenvalue weighted by molar-refractivity contribution is 7.85. The Morgan fingerprint density at radius 2 is 1.26 bits per heavy atom. The van der Waals surface area contributed by atoms with Crippen LogP contribution in [0.15, 0.2) is 48.6 Å². The van der Waals surface area contributed by atoms with E-state index in [2.05, 4.69) is 55.6 Å². The summed E-state index contributed by atoms with van der Waals surface area (Å²) in [4.78, 5) is 12.3. The van der Waals surface area contributed by atoms with Gasteiger partial charge in [0.05, 0.1) is 17.9 Å². The Bertz CT molecular complexity index is 786. The maximum absolute atomic E-state index is 12.3. The standard InChI is InChI=1S/C31H55NO5S/c1-3-5-7-9-11-13-15-16-17-19-21-23-25-27-31(34)32-29(28-38(35,36)37)30(33)26-24-22-20-18-14-12-10-8-6-4-2/h5,7,11,13,16-17,24,26,29-30,33H,3-4,6,8-10,12,14-15,18-23,25,27-28H2,1-2H3,(H,32,34)(H,35,36,37)/b7-5-,13-11-,17-16-,26-24+. The molecule has 0 radical (unpaired) electrons. The van der Waals surface area contributed by atoms with Gasteiger partial charge >= 0.3 is 0 Å². The summed E-state index contributed by atoms with van der Waals surface area (Å²) in [7, 11) is -4.34. The van der Waals surface area contributed by atoms with Gasteiger partial charge < -0.3 is 10.4 Å². The Morgan fingerprint density at radius 1 is 0.737 bits per heavy atom. The molecule has 2 unspecified atom stereocenters. The number of unbranched alkanes of at least 4 members (excludes halogenated alkanes) is 11. The molecule has 0 heterocycles. The first-order valence-electron chi connectivity index (χ1n) is 14.8. The number of hydrogen-bond acceptors (Lipinski definition) is 4. The summed E-state index contributed by atoms with van der Waals surface area (Å²) in [5, 5.41) is 13.0. The summed E-state index contributed by atoms with van der Waals surface area (Å²) >= 11 is 0. The van der Waals surface area contributed by atoms with Crippen LogP contribution >= 0.6 is 0 Å². The molecule has 220 valence electrons. The maximum Gasteiger partial charge on any atom is 0.267 e. The summed E-state index contributed by atoms with van der Waals surface area (Å²) < 4.78 is 32.1. The first-order valence-corrected chi connectivity index (χ1v) is 16.4. The fourth-order valence-electron chi connectivity index (χ4n) is 4.05. The lowest BCUT2D eigenvalue weighted by Gasteiger charge is -2.21. The quantitative estimate of drug-likeness (QED) is 0.0613. The molecule has 0 aliphatic rings. The van der Waals surface area contributed by atoms with Crippen molar-refractivity contribution >= 4 is 16.0 Å². The van der Waals surface area contributed by atoms with E-state index in [-0.39, 0.29) is 12.3 Å². The average molecular weight is 554 g/mol. The first-order chi connectivity index (χ1) is 18.3. The molecule has 2 atom stereocenters. The van der Waals surface area contributed by atoms with Gasteiger partial charge in [0.25, 0.3) is 10.1 Å². The van der Waals surface area contributed by atoms with E-state index in [0.717, 1.165) is 57.8 Å². The highest BCUT2D eigenvalue weighted by Gasteiger charge is 2.24. The van der Waals surface area contributed by atoms with Crippen LogP contribution in [0.4, 0.5) is 0 Å². The van der Waals surface area contributed by atoms with E-state index in [0.29, 0.717) is 6.42 Å². The van der Waals surface area contributed by atoms with E-state index in [1.54, 1.807) is 0 Å². The molecule has 6 nitrogen and oxygen atoms in total. The summed E-state index contributed by atoms with van der Waals surface area (Å²) in [6, 6.07) is -1.07. The average Bonchev–Trinajstić information content (AvgIpc) is 2.86. The van der Waals surface area contributed by atoms with E-state index >= 15 is 0 Å². The van der Waals surface area contributed by atoms with Crippen molar-refractivity contribution in [3.8, 4) is 0 Å². The molecule has 0 aliphatic carbocycles. The van der Waals surface area contributed by atoms with Crippen LogP contribution in [0.2, 0.25) is 0 Å². The Kier molecular flexibility index (Phi) is 24.4. The number of hydrogen-bond donors (Lipinski definition) is 3. The lowest BCUT2D eigenvalue weighted by Crippen LogP contribution is -2.46. The van der Waals surface area contributed by atoms with Gasteiger partial charge in [0.1, 0.15) is 0 Å². The van der Waals surface area contributed by atoms with Gasteiger partial charge in [-0.2, -0.15) is 8.42 Å². The van der Waals surface area contributed by atoms with Gasteiger partial charge in [0.15, 0.2) is 0 Å². The number of carbonyl (C=O) groups is 1. The van der Waals surface area contributed by atoms with Crippen LogP contribution in [0.25, 0.3) is 0 Å². The van der Waals surface area contributed by atoms with Crippen LogP contribution in [-0.4, -0.2) is 41.9 Å². The molecule has 0 saturated carbocycles. The molecule has 3 N–H and O–H groups in total. The fourth-order valence-corrected chi connectivity index (χ4v) is 4.78. The number of aliphatic hydroxyl groups is 1. The Balaban J connectivity index is 4.20. The highest BCUT2D eigenvalue weighted by atomic mass is 32.2. The molecule has 0 saturated heterocycles. The minimum Gasteiger partial charge on any atom is -0.387 e. The van der Waals surface area contributed by atoms with Crippen molar-refractivity contribution in [1.29, 1.82) is 0 Å². The largest absolute Gasteiger partial charge is 0.387 e. The molecule has 0 aromatic heterocycles. The lowest BCUT2D eigenvalue weighted by molar-refractivity contribution is -0.122. The molecule has 1 amide bonds. The summed E-state index contributed by atoms with van der Waals surface area (Å²) in [6.45, 7) is 4.33. The van der Waals surface area contributed by atoms with E-state index < -0.39 is 28.0 Å². The van der Waals surface area contributed by atoms with Crippen LogP contribution in [-0.2, 0) is 14.9 Å². The van der Waals surface area contributed by atoms with Gasteiger partial charge in [-0.15, -0.1) is 0 Å². The predicted molar refractivity (Wildman–Crippen MR) is 161 cm³/mol. The maximum atomic E-state index is 12.3. The van der Waals surface area contributed by atoms with E-state index in [4.69, 9.17) is 0 Å².